The smallest absolute Gasteiger partial charge is 0.222 e. The van der Waals surface area contributed by atoms with Crippen LogP contribution in [0.15, 0.2) is 42.5 Å². The third-order valence-electron chi connectivity index (χ3n) is 3.39. The molecular weight excluding hydrogens is 292 g/mol. The number of aromatic nitrogens is 2. The molecule has 0 aliphatic carbocycles. The van der Waals surface area contributed by atoms with E-state index >= 15 is 0 Å². The lowest BCUT2D eigenvalue weighted by Crippen LogP contribution is -2.11. The van der Waals surface area contributed by atoms with E-state index in [0.717, 1.165) is 22.2 Å². The lowest BCUT2D eigenvalue weighted by Gasteiger charge is -2.09. The number of carbonyl (C=O) groups excluding carboxylic acids is 1. The third-order valence-corrected chi connectivity index (χ3v) is 3.39. The summed E-state index contributed by atoms with van der Waals surface area (Å²) in [6.45, 7) is 1.48. The van der Waals surface area contributed by atoms with Crippen molar-refractivity contribution in [2.24, 2.45) is 5.84 Å². The zero-order valence-electron chi connectivity index (χ0n) is 12.5. The molecule has 0 saturated heterocycles. The van der Waals surface area contributed by atoms with Gasteiger partial charge in [0.05, 0.1) is 5.52 Å². The number of amides is 1. The van der Waals surface area contributed by atoms with Crippen LogP contribution in [0.3, 0.4) is 0 Å². The van der Waals surface area contributed by atoms with Crippen molar-refractivity contribution >= 4 is 34.3 Å². The first-order valence-corrected chi connectivity index (χ1v) is 6.99. The van der Waals surface area contributed by atoms with Crippen LogP contribution in [0, 0.1) is 0 Å². The van der Waals surface area contributed by atoms with Crippen molar-refractivity contribution in [3.63, 3.8) is 0 Å². The molecule has 0 fully saturated rings. The normalized spacial score (nSPS) is 10.5. The zero-order valence-corrected chi connectivity index (χ0v) is 12.5. The second-order valence-electron chi connectivity index (χ2n) is 5.07. The first-order chi connectivity index (χ1) is 11.1. The highest BCUT2D eigenvalue weighted by Crippen LogP contribution is 2.28. The Morgan fingerprint density at radius 3 is 2.39 bits per heavy atom. The van der Waals surface area contributed by atoms with Gasteiger partial charge in [0.15, 0.2) is 5.82 Å². The summed E-state index contributed by atoms with van der Waals surface area (Å²) >= 11 is 0. The summed E-state index contributed by atoms with van der Waals surface area (Å²) in [5, 5.41) is 3.52. The van der Waals surface area contributed by atoms with E-state index in [4.69, 9.17) is 11.6 Å². The van der Waals surface area contributed by atoms with Crippen LogP contribution in [0.25, 0.3) is 22.0 Å². The minimum Gasteiger partial charge on any atom is -0.368 e. The van der Waals surface area contributed by atoms with Gasteiger partial charge in [-0.1, -0.05) is 18.2 Å². The maximum Gasteiger partial charge on any atom is 0.222 e. The number of nitrogens with one attached hydrogen (secondary N) is 2. The number of hydrazine groups is 1. The molecule has 2 aromatic carbocycles. The average molecular weight is 308 g/mol. The number of rotatable bonds is 3. The van der Waals surface area contributed by atoms with Gasteiger partial charge in [-0.15, -0.1) is 0 Å². The molecule has 0 spiro atoms. The van der Waals surface area contributed by atoms with Gasteiger partial charge in [0, 0.05) is 18.0 Å². The summed E-state index contributed by atoms with van der Waals surface area (Å²) < 4.78 is 0. The molecule has 3 rings (SSSR count). The van der Waals surface area contributed by atoms with E-state index in [1.54, 1.807) is 0 Å². The fourth-order valence-corrected chi connectivity index (χ4v) is 2.39. The highest BCUT2D eigenvalue weighted by molar-refractivity contribution is 5.93. The van der Waals surface area contributed by atoms with Crippen molar-refractivity contribution in [3.8, 4) is 11.1 Å². The fraction of sp³-hybridized carbons (Fsp3) is 0.0625. The fourth-order valence-electron chi connectivity index (χ4n) is 2.39. The topological polar surface area (TPSA) is 119 Å². The number of anilines is 3. The number of hydrogen-bond donors (Lipinski definition) is 4. The van der Waals surface area contributed by atoms with Gasteiger partial charge in [0.25, 0.3) is 0 Å². The summed E-state index contributed by atoms with van der Waals surface area (Å²) in [7, 11) is 0. The molecule has 7 nitrogen and oxygen atoms in total. The summed E-state index contributed by atoms with van der Waals surface area (Å²) in [6.07, 6.45) is 0. The molecule has 0 bridgehead atoms. The van der Waals surface area contributed by atoms with E-state index in [1.807, 2.05) is 42.5 Å². The Labute approximate surface area is 132 Å². The van der Waals surface area contributed by atoms with Crippen LogP contribution >= 0.6 is 0 Å². The first kappa shape index (κ1) is 14.7. The van der Waals surface area contributed by atoms with Gasteiger partial charge >= 0.3 is 0 Å². The van der Waals surface area contributed by atoms with Crippen LogP contribution in [0.5, 0.6) is 0 Å². The van der Waals surface area contributed by atoms with Crippen LogP contribution in [0.4, 0.5) is 17.5 Å². The molecule has 0 unspecified atom stereocenters. The van der Waals surface area contributed by atoms with Crippen molar-refractivity contribution in [1.82, 2.24) is 9.97 Å². The van der Waals surface area contributed by atoms with Crippen molar-refractivity contribution < 1.29 is 4.79 Å². The molecular formula is C16H16N6O. The number of nitrogen functional groups attached to an aromatic ring is 2. The summed E-state index contributed by atoms with van der Waals surface area (Å²) in [5.74, 6) is 6.04. The molecule has 3 aromatic rings. The largest absolute Gasteiger partial charge is 0.368 e. The quantitative estimate of drug-likeness (QED) is 0.434. The molecule has 1 amide bonds. The van der Waals surface area contributed by atoms with Crippen molar-refractivity contribution in [2.45, 2.75) is 6.92 Å². The number of fused-ring (bicyclic) bond motifs is 1. The van der Waals surface area contributed by atoms with Gasteiger partial charge in [-0.3, -0.25) is 4.79 Å². The molecule has 116 valence electrons. The summed E-state index contributed by atoms with van der Waals surface area (Å²) in [6, 6.07) is 13.3. The van der Waals surface area contributed by atoms with Crippen molar-refractivity contribution in [2.75, 3.05) is 16.5 Å². The van der Waals surface area contributed by atoms with Gasteiger partial charge in [-0.25, -0.2) is 10.8 Å². The minimum absolute atomic E-state index is 0.100. The van der Waals surface area contributed by atoms with Crippen molar-refractivity contribution in [3.05, 3.63) is 42.5 Å². The Hall–Kier alpha value is -3.19. The minimum atomic E-state index is -0.100. The highest BCUT2D eigenvalue weighted by atomic mass is 16.1. The summed E-state index contributed by atoms with van der Waals surface area (Å²) in [5.41, 5.74) is 11.6. The van der Waals surface area contributed by atoms with E-state index in [1.165, 1.54) is 6.92 Å². The van der Waals surface area contributed by atoms with Gasteiger partial charge in [-0.2, -0.15) is 4.98 Å². The van der Waals surface area contributed by atoms with E-state index in [9.17, 15) is 4.79 Å². The number of hydrogen-bond acceptors (Lipinski definition) is 6. The van der Waals surface area contributed by atoms with Gasteiger partial charge in [0.2, 0.25) is 11.9 Å². The molecule has 0 atom stereocenters. The maximum absolute atomic E-state index is 11.1. The monoisotopic (exact) mass is 308 g/mol. The second-order valence-corrected chi connectivity index (χ2v) is 5.07. The Balaban J connectivity index is 2.03. The van der Waals surface area contributed by atoms with E-state index in [-0.39, 0.29) is 11.9 Å². The average Bonchev–Trinajstić information content (AvgIpc) is 2.54. The Morgan fingerprint density at radius 2 is 1.74 bits per heavy atom. The third kappa shape index (κ3) is 3.04. The maximum atomic E-state index is 11.1. The number of nitrogens with zero attached hydrogens (tertiary/aromatic N) is 2. The van der Waals surface area contributed by atoms with Crippen LogP contribution < -0.4 is 22.3 Å². The molecule has 23 heavy (non-hydrogen) atoms. The molecule has 1 heterocycles. The predicted octanol–water partition coefficient (Wildman–Crippen LogP) is 2.12. The number of benzene rings is 2. The standard InChI is InChI=1S/C16H16N6O/c1-9(23)19-12-5-2-10(3-6-12)11-4-7-14-13(8-11)15(22-18)21-16(17)20-14/h2-8H,18H2,1H3,(H,19,23)(H3,17,20,21,22). The predicted molar refractivity (Wildman–Crippen MR) is 91.5 cm³/mol. The summed E-state index contributed by atoms with van der Waals surface area (Å²) in [4.78, 5) is 19.3. The van der Waals surface area contributed by atoms with Gasteiger partial charge in [-0.05, 0) is 35.4 Å². The SMILES string of the molecule is CC(=O)Nc1ccc(-c2ccc3nc(N)nc(NN)c3c2)cc1. The highest BCUT2D eigenvalue weighted by Gasteiger charge is 2.07. The van der Waals surface area contributed by atoms with Crippen molar-refractivity contribution in [1.29, 1.82) is 0 Å². The first-order valence-electron chi connectivity index (χ1n) is 6.99. The van der Waals surface area contributed by atoms with Crippen LogP contribution in [0.2, 0.25) is 0 Å². The Morgan fingerprint density at radius 1 is 1.04 bits per heavy atom. The molecule has 1 aromatic heterocycles. The number of carbonyl (C=O) groups is 1. The van der Waals surface area contributed by atoms with E-state index in [2.05, 4.69) is 20.7 Å². The van der Waals surface area contributed by atoms with Gasteiger partial charge < -0.3 is 16.5 Å². The lowest BCUT2D eigenvalue weighted by atomic mass is 10.0. The van der Waals surface area contributed by atoms with Crippen LogP contribution in [0.1, 0.15) is 6.92 Å². The van der Waals surface area contributed by atoms with E-state index in [0.29, 0.717) is 11.3 Å². The van der Waals surface area contributed by atoms with E-state index < -0.39 is 0 Å². The molecule has 0 saturated carbocycles. The molecule has 7 heteroatoms. The molecule has 0 radical (unpaired) electrons. The lowest BCUT2D eigenvalue weighted by molar-refractivity contribution is -0.114. The molecule has 0 aliphatic rings. The Kier molecular flexibility index (Phi) is 3.78. The zero-order chi connectivity index (χ0) is 16.4. The van der Waals surface area contributed by atoms with Gasteiger partial charge in [0.1, 0.15) is 0 Å². The number of nitrogens with two attached hydrogens (primary N) is 2. The Bertz CT molecular complexity index is 876. The second kappa shape index (κ2) is 5.90. The van der Waals surface area contributed by atoms with Crippen LogP contribution in [-0.4, -0.2) is 15.9 Å². The molecule has 0 aliphatic heterocycles. The molecule has 6 N–H and O–H groups in total. The van der Waals surface area contributed by atoms with Crippen LogP contribution in [-0.2, 0) is 4.79 Å².